The normalized spacial score (nSPS) is 10.6. The fourth-order valence-electron chi connectivity index (χ4n) is 3.04. The van der Waals surface area contributed by atoms with Crippen LogP contribution in [0.5, 0.6) is 5.75 Å². The summed E-state index contributed by atoms with van der Waals surface area (Å²) in [6.07, 6.45) is 0. The summed E-state index contributed by atoms with van der Waals surface area (Å²) in [6, 6.07) is 8.90. The highest BCUT2D eigenvalue weighted by molar-refractivity contribution is 5.93. The summed E-state index contributed by atoms with van der Waals surface area (Å²) < 4.78 is 15.2. The van der Waals surface area contributed by atoms with Crippen LogP contribution in [0, 0.1) is 10.1 Å². The molecule has 0 aromatic heterocycles. The molecule has 0 saturated carbocycles. The number of nitro benzene ring substituents is 1. The second kappa shape index (κ2) is 13.4. The number of azo groups is 1. The predicted molar refractivity (Wildman–Crippen MR) is 130 cm³/mol. The van der Waals surface area contributed by atoms with E-state index in [4.69, 9.17) is 14.2 Å². The van der Waals surface area contributed by atoms with Gasteiger partial charge in [-0.1, -0.05) is 0 Å². The highest BCUT2D eigenvalue weighted by Crippen LogP contribution is 2.35. The van der Waals surface area contributed by atoms with E-state index in [1.807, 2.05) is 4.90 Å². The molecule has 0 unspecified atom stereocenters. The molecule has 0 bridgehead atoms. The molecule has 0 saturated heterocycles. The molecule has 0 aliphatic rings. The lowest BCUT2D eigenvalue weighted by molar-refractivity contribution is -0.384. The Morgan fingerprint density at radius 1 is 0.944 bits per heavy atom. The Bertz CT molecular complexity index is 1130. The van der Waals surface area contributed by atoms with Crippen molar-refractivity contribution in [2.45, 2.75) is 20.8 Å². The first-order valence-electron chi connectivity index (χ1n) is 10.8. The zero-order valence-electron chi connectivity index (χ0n) is 20.3. The van der Waals surface area contributed by atoms with Crippen molar-refractivity contribution in [1.29, 1.82) is 0 Å². The van der Waals surface area contributed by atoms with Crippen molar-refractivity contribution < 1.29 is 33.5 Å². The van der Waals surface area contributed by atoms with Gasteiger partial charge in [0.05, 0.1) is 36.9 Å². The van der Waals surface area contributed by atoms with Gasteiger partial charge in [0.2, 0.25) is 5.91 Å². The van der Waals surface area contributed by atoms with Gasteiger partial charge in [-0.2, -0.15) is 0 Å². The first-order valence-corrected chi connectivity index (χ1v) is 10.8. The van der Waals surface area contributed by atoms with Crippen LogP contribution in [0.15, 0.2) is 46.6 Å². The molecule has 0 aliphatic carbocycles. The van der Waals surface area contributed by atoms with Crippen molar-refractivity contribution in [2.75, 3.05) is 43.6 Å². The molecule has 0 aliphatic heterocycles. The number of amides is 1. The molecule has 0 radical (unpaired) electrons. The van der Waals surface area contributed by atoms with Crippen molar-refractivity contribution >= 4 is 46.3 Å². The third-order valence-electron chi connectivity index (χ3n) is 4.63. The molecule has 0 atom stereocenters. The SMILES string of the molecule is COc1cc([N+](=O)[O-])ccc1N=Nc1ccc(N(CCOC(C)=O)CCOC(C)=O)cc1NC(C)=O. The molecular weight excluding hydrogens is 474 g/mol. The summed E-state index contributed by atoms with van der Waals surface area (Å²) in [4.78, 5) is 46.4. The second-order valence-electron chi connectivity index (χ2n) is 7.36. The third-order valence-corrected chi connectivity index (χ3v) is 4.63. The van der Waals surface area contributed by atoms with Crippen LogP contribution in [-0.2, 0) is 23.9 Å². The van der Waals surface area contributed by atoms with Crippen molar-refractivity contribution in [3.63, 3.8) is 0 Å². The van der Waals surface area contributed by atoms with Crippen LogP contribution < -0.4 is 15.0 Å². The number of non-ortho nitro benzene ring substituents is 1. The Labute approximate surface area is 207 Å². The Morgan fingerprint density at radius 3 is 2.06 bits per heavy atom. The number of anilines is 2. The van der Waals surface area contributed by atoms with Gasteiger partial charge < -0.3 is 24.4 Å². The number of esters is 2. The summed E-state index contributed by atoms with van der Waals surface area (Å²) in [7, 11) is 1.36. The van der Waals surface area contributed by atoms with Crippen LogP contribution in [0.25, 0.3) is 0 Å². The van der Waals surface area contributed by atoms with Crippen molar-refractivity contribution in [3.8, 4) is 5.75 Å². The molecule has 0 fully saturated rings. The van der Waals surface area contributed by atoms with Gasteiger partial charge >= 0.3 is 11.9 Å². The minimum atomic E-state index is -0.550. The third kappa shape index (κ3) is 8.66. The van der Waals surface area contributed by atoms with E-state index in [2.05, 4.69) is 15.5 Å². The molecule has 0 spiro atoms. The number of ether oxygens (including phenoxy) is 3. The summed E-state index contributed by atoms with van der Waals surface area (Å²) >= 11 is 0. The number of carbonyl (C=O) groups is 3. The molecule has 1 N–H and O–H groups in total. The van der Waals surface area contributed by atoms with Crippen LogP contribution in [0.4, 0.5) is 28.4 Å². The number of methoxy groups -OCH3 is 1. The van der Waals surface area contributed by atoms with E-state index in [1.54, 1.807) is 18.2 Å². The predicted octanol–water partition coefficient (Wildman–Crippen LogP) is 3.91. The molecule has 1 amide bonds. The van der Waals surface area contributed by atoms with Crippen LogP contribution in [0.1, 0.15) is 20.8 Å². The molecule has 192 valence electrons. The summed E-state index contributed by atoms with van der Waals surface area (Å²) in [5, 5.41) is 22.0. The standard InChI is InChI=1S/C23H27N5O8/c1-15(29)24-22-13-18(27(9-11-35-16(2)30)10-12-36-17(3)31)5-7-20(22)25-26-21-8-6-19(28(32)33)14-23(21)34-4/h5-8,13-14H,9-12H2,1-4H3,(H,24,29). The first kappa shape index (κ1) is 27.7. The van der Waals surface area contributed by atoms with E-state index < -0.39 is 16.9 Å². The Hall–Kier alpha value is -4.55. The van der Waals surface area contributed by atoms with Crippen LogP contribution in [0.3, 0.4) is 0 Å². The molecule has 13 heteroatoms. The summed E-state index contributed by atoms with van der Waals surface area (Å²) in [5.41, 5.74) is 1.40. The number of benzene rings is 2. The Morgan fingerprint density at radius 2 is 1.53 bits per heavy atom. The Kier molecular flexibility index (Phi) is 10.3. The topological polar surface area (TPSA) is 162 Å². The number of hydrogen-bond acceptors (Lipinski definition) is 11. The largest absolute Gasteiger partial charge is 0.494 e. The van der Waals surface area contributed by atoms with Gasteiger partial charge in [-0.15, -0.1) is 10.2 Å². The molecule has 2 aromatic carbocycles. The van der Waals surface area contributed by atoms with E-state index in [-0.39, 0.29) is 36.2 Å². The van der Waals surface area contributed by atoms with E-state index in [0.29, 0.717) is 30.2 Å². The van der Waals surface area contributed by atoms with Gasteiger partial charge in [0, 0.05) is 32.5 Å². The maximum absolute atomic E-state index is 11.8. The quantitative estimate of drug-likeness (QED) is 0.197. The van der Waals surface area contributed by atoms with Crippen LogP contribution >= 0.6 is 0 Å². The van der Waals surface area contributed by atoms with Gasteiger partial charge in [0.15, 0.2) is 5.75 Å². The van der Waals surface area contributed by atoms with E-state index in [1.165, 1.54) is 46.1 Å². The lowest BCUT2D eigenvalue weighted by atomic mass is 10.2. The lowest BCUT2D eigenvalue weighted by Gasteiger charge is -2.25. The minimum Gasteiger partial charge on any atom is -0.494 e. The molecule has 2 rings (SSSR count). The molecular formula is C23H27N5O8. The smallest absolute Gasteiger partial charge is 0.302 e. The number of nitrogens with one attached hydrogen (secondary N) is 1. The second-order valence-corrected chi connectivity index (χ2v) is 7.36. The van der Waals surface area contributed by atoms with Gasteiger partial charge in [-0.05, 0) is 24.3 Å². The monoisotopic (exact) mass is 501 g/mol. The highest BCUT2D eigenvalue weighted by Gasteiger charge is 2.14. The highest BCUT2D eigenvalue weighted by atomic mass is 16.6. The average molecular weight is 501 g/mol. The van der Waals surface area contributed by atoms with Crippen molar-refractivity contribution in [2.24, 2.45) is 10.2 Å². The first-order chi connectivity index (χ1) is 17.1. The molecule has 0 heterocycles. The van der Waals surface area contributed by atoms with Crippen molar-refractivity contribution in [3.05, 3.63) is 46.5 Å². The maximum Gasteiger partial charge on any atom is 0.302 e. The van der Waals surface area contributed by atoms with Crippen molar-refractivity contribution in [1.82, 2.24) is 0 Å². The summed E-state index contributed by atoms with van der Waals surface area (Å²) in [5.74, 6) is -1.03. The van der Waals surface area contributed by atoms with Crippen LogP contribution in [-0.4, -0.2) is 56.2 Å². The van der Waals surface area contributed by atoms with E-state index >= 15 is 0 Å². The fourth-order valence-corrected chi connectivity index (χ4v) is 3.04. The van der Waals surface area contributed by atoms with E-state index in [9.17, 15) is 24.5 Å². The van der Waals surface area contributed by atoms with Gasteiger partial charge in [0.1, 0.15) is 24.6 Å². The number of carbonyl (C=O) groups excluding carboxylic acids is 3. The van der Waals surface area contributed by atoms with Gasteiger partial charge in [-0.25, -0.2) is 0 Å². The molecule has 2 aromatic rings. The van der Waals surface area contributed by atoms with E-state index in [0.717, 1.165) is 0 Å². The summed E-state index contributed by atoms with van der Waals surface area (Å²) in [6.45, 7) is 4.77. The minimum absolute atomic E-state index is 0.103. The number of hydrogen-bond donors (Lipinski definition) is 1. The number of nitrogens with zero attached hydrogens (tertiary/aromatic N) is 4. The molecule has 13 nitrogen and oxygen atoms in total. The zero-order valence-corrected chi connectivity index (χ0v) is 20.3. The maximum atomic E-state index is 11.8. The zero-order chi connectivity index (χ0) is 26.7. The Balaban J connectivity index is 2.37. The van der Waals surface area contributed by atoms with Gasteiger partial charge in [0.25, 0.3) is 5.69 Å². The average Bonchev–Trinajstić information content (AvgIpc) is 2.81. The molecule has 36 heavy (non-hydrogen) atoms. The lowest BCUT2D eigenvalue weighted by Crippen LogP contribution is -2.32. The van der Waals surface area contributed by atoms with Crippen LogP contribution in [0.2, 0.25) is 0 Å². The van der Waals surface area contributed by atoms with Gasteiger partial charge in [-0.3, -0.25) is 24.5 Å². The fraction of sp³-hybridized carbons (Fsp3) is 0.348. The number of nitro groups is 1. The number of rotatable bonds is 12.